The molecule has 0 amide bonds. The van der Waals surface area contributed by atoms with Gasteiger partial charge in [-0.2, -0.15) is 0 Å². The van der Waals surface area contributed by atoms with Gasteiger partial charge in [-0.25, -0.2) is 0 Å². The molecule has 0 aromatic rings. The van der Waals surface area contributed by atoms with Crippen molar-refractivity contribution in [3.8, 4) is 0 Å². The molecule has 0 unspecified atom stereocenters. The molecular weight excluding hydrogens is 247 g/mol. The average Bonchev–Trinajstić information content (AvgIpc) is 1.81. The molecule has 0 atom stereocenters. The van der Waals surface area contributed by atoms with Crippen LogP contribution in [0.5, 0.6) is 0 Å². The fraction of sp³-hybridized carbons (Fsp3) is 0. The third kappa shape index (κ3) is 3.61. The van der Waals surface area contributed by atoms with E-state index < -0.39 is 7.18 Å². The standard InChI is InChI=1S/Cl2O4Si4/c1-10(2)5-8-3-7-4-9-6-10. The lowest BCUT2D eigenvalue weighted by atomic mass is 15.7. The van der Waals surface area contributed by atoms with Crippen LogP contribution in [-0.2, 0) is 16.5 Å². The second-order valence-corrected chi connectivity index (χ2v) is 9.38. The van der Waals surface area contributed by atoms with Crippen molar-refractivity contribution in [2.75, 3.05) is 0 Å². The van der Waals surface area contributed by atoms with Crippen molar-refractivity contribution in [1.82, 2.24) is 0 Å². The zero-order valence-corrected chi connectivity index (χ0v) is 9.90. The molecule has 10 heteroatoms. The Kier molecular flexibility index (Phi) is 4.08. The maximum absolute atomic E-state index is 5.57. The van der Waals surface area contributed by atoms with E-state index in [1.54, 1.807) is 0 Å². The lowest BCUT2D eigenvalue weighted by Gasteiger charge is -2.17. The summed E-state index contributed by atoms with van der Waals surface area (Å²) in [6, 6.07) is 0. The summed E-state index contributed by atoms with van der Waals surface area (Å²) in [5, 5.41) is 0. The summed E-state index contributed by atoms with van der Waals surface area (Å²) in [7, 11) is -3.39. The van der Waals surface area contributed by atoms with Gasteiger partial charge in [0.05, 0.1) is 0 Å². The minimum atomic E-state index is -2.95. The summed E-state index contributed by atoms with van der Waals surface area (Å²) in [6.45, 7) is 0. The first-order valence-electron chi connectivity index (χ1n) is 2.01. The summed E-state index contributed by atoms with van der Waals surface area (Å²) < 4.78 is 19.3. The highest BCUT2D eigenvalue weighted by atomic mass is 35.7. The molecule has 0 aromatic heterocycles. The monoisotopic (exact) mass is 246 g/mol. The van der Waals surface area contributed by atoms with E-state index in [0.29, 0.717) is 0 Å². The van der Waals surface area contributed by atoms with Gasteiger partial charge in [-0.3, -0.25) is 0 Å². The molecule has 0 saturated carbocycles. The SMILES string of the molecule is Cl[Si]1(Cl)O[Si]O[Si]O[Si]O1. The molecule has 4 nitrogen and oxygen atoms in total. The van der Waals surface area contributed by atoms with Gasteiger partial charge in [0.15, 0.2) is 0 Å². The quantitative estimate of drug-likeness (QED) is 0.430. The van der Waals surface area contributed by atoms with Gasteiger partial charge in [0, 0.05) is 0 Å². The third-order valence-corrected chi connectivity index (χ3v) is 7.17. The Hall–Kier alpha value is 1.29. The van der Waals surface area contributed by atoms with E-state index in [2.05, 4.69) is 0 Å². The molecule has 1 saturated heterocycles. The van der Waals surface area contributed by atoms with Gasteiger partial charge in [0.25, 0.3) is 0 Å². The van der Waals surface area contributed by atoms with Crippen molar-refractivity contribution in [2.24, 2.45) is 0 Å². The van der Waals surface area contributed by atoms with Crippen molar-refractivity contribution in [3.05, 3.63) is 0 Å². The highest BCUT2D eigenvalue weighted by Gasteiger charge is 2.36. The molecule has 0 aliphatic carbocycles. The van der Waals surface area contributed by atoms with Gasteiger partial charge in [-0.15, -0.1) is 0 Å². The maximum atomic E-state index is 5.57. The molecule has 1 aliphatic rings. The first kappa shape index (κ1) is 9.38. The maximum Gasteiger partial charge on any atom is 0.533 e. The predicted molar refractivity (Wildman–Crippen MR) is 39.1 cm³/mol. The minimum Gasteiger partial charge on any atom is -0.412 e. The Morgan fingerprint density at radius 3 is 1.90 bits per heavy atom. The normalized spacial score (nSPS) is 27.0. The Morgan fingerprint density at radius 2 is 1.40 bits per heavy atom. The van der Waals surface area contributed by atoms with Crippen LogP contribution in [0.1, 0.15) is 0 Å². The van der Waals surface area contributed by atoms with E-state index in [9.17, 15) is 0 Å². The Morgan fingerprint density at radius 1 is 0.900 bits per heavy atom. The van der Waals surface area contributed by atoms with Crippen molar-refractivity contribution in [3.63, 3.8) is 0 Å². The van der Waals surface area contributed by atoms with Crippen LogP contribution in [0.15, 0.2) is 0 Å². The number of hydrogen-bond acceptors (Lipinski definition) is 4. The van der Waals surface area contributed by atoms with E-state index >= 15 is 0 Å². The van der Waals surface area contributed by atoms with E-state index in [0.717, 1.165) is 0 Å². The summed E-state index contributed by atoms with van der Waals surface area (Å²) in [4.78, 5) is 0. The first-order chi connectivity index (χ1) is 4.71. The smallest absolute Gasteiger partial charge is 0.412 e. The fourth-order valence-electron chi connectivity index (χ4n) is 0.214. The molecule has 1 heterocycles. The predicted octanol–water partition coefficient (Wildman–Crippen LogP) is -0.418. The van der Waals surface area contributed by atoms with Crippen molar-refractivity contribution >= 4 is 59.4 Å². The van der Waals surface area contributed by atoms with E-state index in [-0.39, 0.29) is 30.0 Å². The van der Waals surface area contributed by atoms with Crippen LogP contribution >= 0.6 is 22.2 Å². The minimum absolute atomic E-state index is 0.0540. The van der Waals surface area contributed by atoms with Crippen LogP contribution in [0.2, 0.25) is 0 Å². The third-order valence-electron chi connectivity index (χ3n) is 0.488. The largest absolute Gasteiger partial charge is 0.533 e. The van der Waals surface area contributed by atoms with Crippen molar-refractivity contribution < 1.29 is 16.5 Å². The van der Waals surface area contributed by atoms with Gasteiger partial charge in [-0.1, -0.05) is 22.2 Å². The number of halogens is 2. The Balaban J connectivity index is 2.30. The highest BCUT2D eigenvalue weighted by molar-refractivity contribution is 7.40. The summed E-state index contributed by atoms with van der Waals surface area (Å²) in [5.41, 5.74) is 0. The molecule has 0 bridgehead atoms. The van der Waals surface area contributed by atoms with E-state index in [1.807, 2.05) is 0 Å². The van der Waals surface area contributed by atoms with Crippen LogP contribution < -0.4 is 0 Å². The van der Waals surface area contributed by atoms with Crippen LogP contribution in [0.25, 0.3) is 0 Å². The molecule has 54 valence electrons. The van der Waals surface area contributed by atoms with Gasteiger partial charge < -0.3 is 16.5 Å². The van der Waals surface area contributed by atoms with Crippen LogP contribution in [0.4, 0.5) is 0 Å². The van der Waals surface area contributed by atoms with Gasteiger partial charge in [0.1, 0.15) is 0 Å². The van der Waals surface area contributed by atoms with E-state index in [1.165, 1.54) is 0 Å². The lowest BCUT2D eigenvalue weighted by Crippen LogP contribution is -2.37. The number of hydrogen-bond donors (Lipinski definition) is 0. The van der Waals surface area contributed by atoms with Crippen molar-refractivity contribution in [1.29, 1.82) is 0 Å². The summed E-state index contributed by atoms with van der Waals surface area (Å²) in [5.74, 6) is 0. The molecule has 1 rings (SSSR count). The molecular formula is Cl2O4Si4. The second-order valence-electron chi connectivity index (χ2n) is 1.12. The zero-order chi connectivity index (χ0) is 7.45. The Bertz CT molecular complexity index is 97.4. The van der Waals surface area contributed by atoms with Crippen LogP contribution in [0, 0.1) is 0 Å². The van der Waals surface area contributed by atoms with Crippen LogP contribution in [-0.4, -0.2) is 37.2 Å². The zero-order valence-electron chi connectivity index (χ0n) is 4.39. The molecule has 1 aliphatic heterocycles. The molecule has 10 heavy (non-hydrogen) atoms. The Labute approximate surface area is 75.9 Å². The second kappa shape index (κ2) is 4.35. The first-order valence-corrected chi connectivity index (χ1v) is 8.30. The van der Waals surface area contributed by atoms with Crippen molar-refractivity contribution in [2.45, 2.75) is 0 Å². The van der Waals surface area contributed by atoms with E-state index in [4.69, 9.17) is 38.6 Å². The highest BCUT2D eigenvalue weighted by Crippen LogP contribution is 2.17. The van der Waals surface area contributed by atoms with Gasteiger partial charge >= 0.3 is 37.2 Å². The summed E-state index contributed by atoms with van der Waals surface area (Å²) in [6.07, 6.45) is 0. The molecule has 0 aromatic carbocycles. The van der Waals surface area contributed by atoms with Gasteiger partial charge in [-0.05, 0) is 0 Å². The summed E-state index contributed by atoms with van der Waals surface area (Å²) >= 11 is 11.1. The van der Waals surface area contributed by atoms with Gasteiger partial charge in [0.2, 0.25) is 0 Å². The lowest BCUT2D eigenvalue weighted by molar-refractivity contribution is 0.335. The average molecular weight is 247 g/mol. The van der Waals surface area contributed by atoms with Crippen LogP contribution in [0.3, 0.4) is 0 Å². The fourth-order valence-corrected chi connectivity index (χ4v) is 4.56. The molecule has 1 fully saturated rings. The molecule has 6 radical (unpaired) electrons. The topological polar surface area (TPSA) is 36.9 Å². The molecule has 0 spiro atoms. The molecule has 0 N–H and O–H groups in total. The number of rotatable bonds is 0.